The molecule has 1 saturated heterocycles. The van der Waals surface area contributed by atoms with Crippen LogP contribution in [0.4, 0.5) is 27.4 Å². The number of ether oxygens (including phenoxy) is 1. The van der Waals surface area contributed by atoms with Gasteiger partial charge < -0.3 is 15.4 Å². The summed E-state index contributed by atoms with van der Waals surface area (Å²) in [6.45, 7) is 1.11. The first kappa shape index (κ1) is 16.1. The SMILES string of the molecule is O=[N+]([O-])c1c(NCC2CCCO2)ncnc1Nc1ccccc1F. The Morgan fingerprint density at radius 2 is 2.12 bits per heavy atom. The molecule has 0 saturated carbocycles. The normalized spacial score (nSPS) is 16.8. The lowest BCUT2D eigenvalue weighted by Crippen LogP contribution is -2.20. The molecule has 2 heterocycles. The minimum Gasteiger partial charge on any atom is -0.376 e. The van der Waals surface area contributed by atoms with Crippen molar-refractivity contribution >= 4 is 23.0 Å². The van der Waals surface area contributed by atoms with Crippen LogP contribution >= 0.6 is 0 Å². The average Bonchev–Trinajstić information content (AvgIpc) is 3.08. The van der Waals surface area contributed by atoms with Crippen molar-refractivity contribution in [3.05, 3.63) is 46.5 Å². The fraction of sp³-hybridized carbons (Fsp3) is 0.333. The van der Waals surface area contributed by atoms with Crippen molar-refractivity contribution in [3.63, 3.8) is 0 Å². The molecule has 1 aromatic carbocycles. The molecule has 0 spiro atoms. The number of rotatable bonds is 6. The van der Waals surface area contributed by atoms with E-state index in [-0.39, 0.29) is 29.1 Å². The Morgan fingerprint density at radius 1 is 1.33 bits per heavy atom. The zero-order chi connectivity index (χ0) is 16.9. The fourth-order valence-electron chi connectivity index (χ4n) is 2.48. The van der Waals surface area contributed by atoms with Gasteiger partial charge in [0, 0.05) is 13.2 Å². The lowest BCUT2D eigenvalue weighted by atomic mass is 10.2. The van der Waals surface area contributed by atoms with Crippen LogP contribution in [0, 0.1) is 15.9 Å². The van der Waals surface area contributed by atoms with Gasteiger partial charge in [-0.15, -0.1) is 0 Å². The number of para-hydroxylation sites is 1. The van der Waals surface area contributed by atoms with Gasteiger partial charge in [0.15, 0.2) is 0 Å². The summed E-state index contributed by atoms with van der Waals surface area (Å²) in [5.41, 5.74) is -0.233. The number of nitrogens with one attached hydrogen (secondary N) is 2. The smallest absolute Gasteiger partial charge is 0.353 e. The molecule has 1 aliphatic rings. The molecule has 24 heavy (non-hydrogen) atoms. The van der Waals surface area contributed by atoms with Crippen molar-refractivity contribution in [3.8, 4) is 0 Å². The number of hydrogen-bond acceptors (Lipinski definition) is 7. The van der Waals surface area contributed by atoms with Gasteiger partial charge in [-0.1, -0.05) is 12.1 Å². The quantitative estimate of drug-likeness (QED) is 0.619. The Hall–Kier alpha value is -2.81. The Labute approximate surface area is 137 Å². The monoisotopic (exact) mass is 333 g/mol. The molecule has 2 aromatic rings. The van der Waals surface area contributed by atoms with E-state index in [4.69, 9.17) is 4.74 Å². The van der Waals surface area contributed by atoms with E-state index in [2.05, 4.69) is 20.6 Å². The highest BCUT2D eigenvalue weighted by molar-refractivity contribution is 5.73. The van der Waals surface area contributed by atoms with Gasteiger partial charge in [0.1, 0.15) is 12.1 Å². The highest BCUT2D eigenvalue weighted by Gasteiger charge is 2.25. The van der Waals surface area contributed by atoms with Gasteiger partial charge in [-0.3, -0.25) is 10.1 Å². The van der Waals surface area contributed by atoms with Gasteiger partial charge in [-0.05, 0) is 25.0 Å². The lowest BCUT2D eigenvalue weighted by Gasteiger charge is -2.13. The van der Waals surface area contributed by atoms with E-state index in [1.165, 1.54) is 24.5 Å². The van der Waals surface area contributed by atoms with Crippen LogP contribution in [0.5, 0.6) is 0 Å². The van der Waals surface area contributed by atoms with Crippen LogP contribution in [-0.4, -0.2) is 34.1 Å². The lowest BCUT2D eigenvalue weighted by molar-refractivity contribution is -0.383. The summed E-state index contributed by atoms with van der Waals surface area (Å²) in [6, 6.07) is 5.88. The summed E-state index contributed by atoms with van der Waals surface area (Å²) in [6.07, 6.45) is 3.06. The summed E-state index contributed by atoms with van der Waals surface area (Å²) in [5.74, 6) is -0.529. The molecule has 0 radical (unpaired) electrons. The van der Waals surface area contributed by atoms with Gasteiger partial charge in [0.25, 0.3) is 0 Å². The van der Waals surface area contributed by atoms with Crippen LogP contribution < -0.4 is 10.6 Å². The minimum atomic E-state index is -0.596. The van der Waals surface area contributed by atoms with Crippen molar-refractivity contribution in [2.24, 2.45) is 0 Å². The summed E-state index contributed by atoms with van der Waals surface area (Å²) < 4.78 is 19.2. The standard InChI is InChI=1S/C15H16FN5O3/c16-11-5-1-2-6-12(11)20-15-13(21(22)23)14(18-9-19-15)17-8-10-4-3-7-24-10/h1-2,5-6,9-10H,3-4,7-8H2,(H2,17,18,19,20). The van der Waals surface area contributed by atoms with E-state index in [0.29, 0.717) is 13.2 Å². The minimum absolute atomic E-state index is 0.00236. The van der Waals surface area contributed by atoms with E-state index < -0.39 is 10.7 Å². The first-order valence-corrected chi connectivity index (χ1v) is 7.51. The van der Waals surface area contributed by atoms with Crippen LogP contribution in [0.15, 0.2) is 30.6 Å². The van der Waals surface area contributed by atoms with Gasteiger partial charge in [0.2, 0.25) is 11.6 Å². The molecule has 9 heteroatoms. The molecule has 1 atom stereocenters. The third-order valence-corrected chi connectivity index (χ3v) is 3.65. The van der Waals surface area contributed by atoms with Crippen LogP contribution in [-0.2, 0) is 4.74 Å². The van der Waals surface area contributed by atoms with E-state index in [1.54, 1.807) is 6.07 Å². The predicted molar refractivity (Wildman–Crippen MR) is 85.8 cm³/mol. The number of nitro groups is 1. The van der Waals surface area contributed by atoms with E-state index >= 15 is 0 Å². The molecule has 1 aliphatic heterocycles. The van der Waals surface area contributed by atoms with Crippen LogP contribution in [0.25, 0.3) is 0 Å². The zero-order valence-electron chi connectivity index (χ0n) is 12.7. The van der Waals surface area contributed by atoms with E-state index in [1.807, 2.05) is 0 Å². The second-order valence-corrected chi connectivity index (χ2v) is 5.30. The van der Waals surface area contributed by atoms with E-state index in [9.17, 15) is 14.5 Å². The van der Waals surface area contributed by atoms with Crippen LogP contribution in [0.2, 0.25) is 0 Å². The largest absolute Gasteiger partial charge is 0.376 e. The van der Waals surface area contributed by atoms with Gasteiger partial charge in [0.05, 0.1) is 16.7 Å². The molecule has 0 bridgehead atoms. The third kappa shape index (κ3) is 3.57. The Bertz CT molecular complexity index is 737. The Kier molecular flexibility index (Phi) is 4.80. The first-order chi connectivity index (χ1) is 11.6. The number of anilines is 3. The second kappa shape index (κ2) is 7.18. The molecule has 0 aliphatic carbocycles. The maximum atomic E-state index is 13.8. The average molecular weight is 333 g/mol. The first-order valence-electron chi connectivity index (χ1n) is 7.51. The summed E-state index contributed by atoms with van der Waals surface area (Å²) in [5, 5.41) is 17.0. The maximum absolute atomic E-state index is 13.8. The van der Waals surface area contributed by atoms with Crippen LogP contribution in [0.3, 0.4) is 0 Å². The van der Waals surface area contributed by atoms with Gasteiger partial charge in [-0.25, -0.2) is 14.4 Å². The molecule has 1 fully saturated rings. The number of nitrogens with zero attached hydrogens (tertiary/aromatic N) is 3. The topological polar surface area (TPSA) is 102 Å². The summed E-state index contributed by atoms with van der Waals surface area (Å²) in [7, 11) is 0. The highest BCUT2D eigenvalue weighted by atomic mass is 19.1. The van der Waals surface area contributed by atoms with Crippen molar-refractivity contribution in [1.29, 1.82) is 0 Å². The van der Waals surface area contributed by atoms with Crippen LogP contribution in [0.1, 0.15) is 12.8 Å². The number of benzene rings is 1. The van der Waals surface area contributed by atoms with E-state index in [0.717, 1.165) is 12.8 Å². The molecular weight excluding hydrogens is 317 g/mol. The Morgan fingerprint density at radius 3 is 2.83 bits per heavy atom. The summed E-state index contributed by atoms with van der Waals surface area (Å²) in [4.78, 5) is 18.6. The van der Waals surface area contributed by atoms with Crippen molar-refractivity contribution < 1.29 is 14.1 Å². The third-order valence-electron chi connectivity index (χ3n) is 3.65. The molecule has 2 N–H and O–H groups in total. The number of hydrogen-bond donors (Lipinski definition) is 2. The molecule has 3 rings (SSSR count). The number of aromatic nitrogens is 2. The second-order valence-electron chi connectivity index (χ2n) is 5.30. The van der Waals surface area contributed by atoms with Crippen molar-refractivity contribution in [1.82, 2.24) is 9.97 Å². The van der Waals surface area contributed by atoms with Gasteiger partial charge in [-0.2, -0.15) is 0 Å². The molecule has 1 aromatic heterocycles. The molecular formula is C15H16FN5O3. The molecule has 126 valence electrons. The predicted octanol–water partition coefficient (Wildman–Crippen LogP) is 2.86. The molecule has 1 unspecified atom stereocenters. The van der Waals surface area contributed by atoms with Crippen molar-refractivity contribution in [2.75, 3.05) is 23.8 Å². The molecule has 8 nitrogen and oxygen atoms in total. The number of halogens is 1. The fourth-order valence-corrected chi connectivity index (χ4v) is 2.48. The highest BCUT2D eigenvalue weighted by Crippen LogP contribution is 2.32. The Balaban J connectivity index is 1.84. The maximum Gasteiger partial charge on any atom is 0.353 e. The van der Waals surface area contributed by atoms with Gasteiger partial charge >= 0.3 is 5.69 Å². The molecule has 0 amide bonds. The summed E-state index contributed by atoms with van der Waals surface area (Å²) >= 11 is 0. The zero-order valence-corrected chi connectivity index (χ0v) is 12.7. The van der Waals surface area contributed by atoms with Crippen molar-refractivity contribution in [2.45, 2.75) is 18.9 Å².